The van der Waals surface area contributed by atoms with Gasteiger partial charge in [-0.2, -0.15) is 9.67 Å². The van der Waals surface area contributed by atoms with E-state index in [2.05, 4.69) is 15.4 Å². The summed E-state index contributed by atoms with van der Waals surface area (Å²) in [5.74, 6) is -0.304. The number of fused-ring (bicyclic) bond motifs is 1. The molecule has 0 unspecified atom stereocenters. The highest BCUT2D eigenvalue weighted by Gasteiger charge is 2.22. The number of esters is 1. The second-order valence-corrected chi connectivity index (χ2v) is 6.17. The van der Waals surface area contributed by atoms with Crippen molar-refractivity contribution in [2.75, 3.05) is 12.4 Å². The lowest BCUT2D eigenvalue weighted by Crippen LogP contribution is -2.19. The normalized spacial score (nSPS) is 10.8. The lowest BCUT2D eigenvalue weighted by molar-refractivity contribution is 0.0584. The fourth-order valence-corrected chi connectivity index (χ4v) is 2.81. The molecule has 2 aromatic carbocycles. The lowest BCUT2D eigenvalue weighted by Gasteiger charge is -2.07. The minimum atomic E-state index is -0.719. The summed E-state index contributed by atoms with van der Waals surface area (Å²) in [5.41, 5.74) is 2.09. The van der Waals surface area contributed by atoms with E-state index in [-0.39, 0.29) is 11.6 Å². The number of carbonyl (C=O) groups excluding carboxylic acids is 1. The number of aryl methyl sites for hydroxylation is 1. The molecule has 0 aliphatic carbocycles. The highest BCUT2D eigenvalue weighted by Crippen LogP contribution is 2.17. The van der Waals surface area contributed by atoms with Crippen molar-refractivity contribution in [2.24, 2.45) is 0 Å². The maximum absolute atomic E-state index is 12.8. The number of rotatable bonds is 4. The van der Waals surface area contributed by atoms with Crippen molar-refractivity contribution in [3.63, 3.8) is 0 Å². The molecule has 0 aliphatic heterocycles. The first kappa shape index (κ1) is 17.5. The SMILES string of the molecule is COC(=O)c1nn(-c2ccc(C)cc2)c2nc(Nc3ccccc3)cc(=O)n12. The molecular formula is C20H17N5O3. The number of ether oxygens (including phenoxy) is 1. The molecule has 2 aromatic heterocycles. The Hall–Kier alpha value is -3.94. The van der Waals surface area contributed by atoms with E-state index >= 15 is 0 Å². The van der Waals surface area contributed by atoms with Crippen LogP contribution in [0.1, 0.15) is 16.2 Å². The Balaban J connectivity index is 1.93. The average molecular weight is 375 g/mol. The van der Waals surface area contributed by atoms with Crippen LogP contribution in [-0.2, 0) is 4.74 Å². The number of hydrogen-bond acceptors (Lipinski definition) is 6. The number of carbonyl (C=O) groups is 1. The summed E-state index contributed by atoms with van der Waals surface area (Å²) >= 11 is 0. The molecule has 0 aliphatic rings. The zero-order valence-electron chi connectivity index (χ0n) is 15.3. The first-order valence-corrected chi connectivity index (χ1v) is 8.57. The van der Waals surface area contributed by atoms with E-state index in [1.807, 2.05) is 61.5 Å². The Morgan fingerprint density at radius 2 is 1.79 bits per heavy atom. The van der Waals surface area contributed by atoms with Crippen LogP contribution in [-0.4, -0.2) is 32.2 Å². The van der Waals surface area contributed by atoms with Gasteiger partial charge in [-0.25, -0.2) is 9.20 Å². The van der Waals surface area contributed by atoms with Crippen LogP contribution in [0.25, 0.3) is 11.5 Å². The quantitative estimate of drug-likeness (QED) is 0.552. The third-order valence-electron chi connectivity index (χ3n) is 4.19. The van der Waals surface area contributed by atoms with E-state index in [0.717, 1.165) is 15.7 Å². The van der Waals surface area contributed by atoms with Crippen LogP contribution < -0.4 is 10.9 Å². The van der Waals surface area contributed by atoms with E-state index in [1.165, 1.54) is 17.9 Å². The lowest BCUT2D eigenvalue weighted by atomic mass is 10.2. The van der Waals surface area contributed by atoms with Gasteiger partial charge in [-0.3, -0.25) is 4.79 Å². The number of methoxy groups -OCH3 is 1. The zero-order valence-corrected chi connectivity index (χ0v) is 15.3. The van der Waals surface area contributed by atoms with Gasteiger partial charge in [0.1, 0.15) is 5.82 Å². The molecule has 28 heavy (non-hydrogen) atoms. The zero-order chi connectivity index (χ0) is 19.7. The molecule has 4 rings (SSSR count). The van der Waals surface area contributed by atoms with Crippen molar-refractivity contribution in [1.29, 1.82) is 0 Å². The average Bonchev–Trinajstić information content (AvgIpc) is 3.09. The van der Waals surface area contributed by atoms with Crippen LogP contribution in [0, 0.1) is 6.92 Å². The van der Waals surface area contributed by atoms with Crippen molar-refractivity contribution in [3.8, 4) is 5.69 Å². The smallest absolute Gasteiger partial charge is 0.376 e. The Morgan fingerprint density at radius 1 is 1.07 bits per heavy atom. The second-order valence-electron chi connectivity index (χ2n) is 6.17. The molecule has 1 N–H and O–H groups in total. The minimum Gasteiger partial charge on any atom is -0.463 e. The van der Waals surface area contributed by atoms with Gasteiger partial charge in [-0.1, -0.05) is 35.9 Å². The second kappa shape index (κ2) is 6.99. The molecule has 0 amide bonds. The Bertz CT molecular complexity index is 1210. The highest BCUT2D eigenvalue weighted by molar-refractivity contribution is 5.86. The Morgan fingerprint density at radius 3 is 2.46 bits per heavy atom. The van der Waals surface area contributed by atoms with Gasteiger partial charge in [-0.05, 0) is 31.2 Å². The van der Waals surface area contributed by atoms with Crippen molar-refractivity contribution in [2.45, 2.75) is 6.92 Å². The van der Waals surface area contributed by atoms with Gasteiger partial charge in [0, 0.05) is 11.8 Å². The molecule has 4 aromatic rings. The summed E-state index contributed by atoms with van der Waals surface area (Å²) in [5, 5.41) is 7.38. The molecule has 8 heteroatoms. The van der Waals surface area contributed by atoms with Gasteiger partial charge in [0.15, 0.2) is 0 Å². The van der Waals surface area contributed by atoms with Gasteiger partial charge in [0.05, 0.1) is 12.8 Å². The number of nitrogens with one attached hydrogen (secondary N) is 1. The van der Waals surface area contributed by atoms with Crippen molar-refractivity contribution in [3.05, 3.63) is 82.4 Å². The largest absolute Gasteiger partial charge is 0.463 e. The van der Waals surface area contributed by atoms with Crippen LogP contribution in [0.3, 0.4) is 0 Å². The molecule has 0 fully saturated rings. The van der Waals surface area contributed by atoms with E-state index in [9.17, 15) is 9.59 Å². The molecule has 2 heterocycles. The van der Waals surface area contributed by atoms with Crippen molar-refractivity contribution < 1.29 is 9.53 Å². The van der Waals surface area contributed by atoms with Gasteiger partial charge < -0.3 is 10.1 Å². The standard InChI is InChI=1S/C20H17N5O3/c1-13-8-10-15(11-9-13)25-20-22-16(21-14-6-4-3-5-7-14)12-17(26)24(20)18(23-25)19(27)28-2/h3-12,21H,1-2H3. The summed E-state index contributed by atoms with van der Waals surface area (Å²) in [7, 11) is 1.24. The van der Waals surface area contributed by atoms with Crippen LogP contribution >= 0.6 is 0 Å². The minimum absolute atomic E-state index is 0.137. The first-order chi connectivity index (χ1) is 13.6. The number of hydrogen-bond donors (Lipinski definition) is 1. The number of benzene rings is 2. The maximum atomic E-state index is 12.8. The molecule has 0 atom stereocenters. The summed E-state index contributed by atoms with van der Waals surface area (Å²) < 4.78 is 7.36. The fourth-order valence-electron chi connectivity index (χ4n) is 2.81. The molecule has 0 saturated heterocycles. The van der Waals surface area contributed by atoms with Gasteiger partial charge >= 0.3 is 5.97 Å². The number of anilines is 2. The summed E-state index contributed by atoms with van der Waals surface area (Å²) in [6.07, 6.45) is 0. The highest BCUT2D eigenvalue weighted by atomic mass is 16.5. The summed E-state index contributed by atoms with van der Waals surface area (Å²) in [6.45, 7) is 1.97. The van der Waals surface area contributed by atoms with Gasteiger partial charge in [0.25, 0.3) is 5.56 Å². The van der Waals surface area contributed by atoms with E-state index < -0.39 is 11.5 Å². The van der Waals surface area contributed by atoms with Crippen LogP contribution in [0.15, 0.2) is 65.5 Å². The number of para-hydroxylation sites is 1. The number of nitrogens with zero attached hydrogens (tertiary/aromatic N) is 4. The van der Waals surface area contributed by atoms with Crippen LogP contribution in [0.2, 0.25) is 0 Å². The van der Waals surface area contributed by atoms with E-state index in [0.29, 0.717) is 11.5 Å². The maximum Gasteiger partial charge on any atom is 0.376 e. The van der Waals surface area contributed by atoms with E-state index in [1.54, 1.807) is 0 Å². The molecule has 140 valence electrons. The predicted octanol–water partition coefficient (Wildman–Crippen LogP) is 2.72. The molecular weight excluding hydrogens is 358 g/mol. The van der Waals surface area contributed by atoms with Crippen LogP contribution in [0.4, 0.5) is 11.5 Å². The first-order valence-electron chi connectivity index (χ1n) is 8.57. The van der Waals surface area contributed by atoms with Gasteiger partial charge in [-0.15, -0.1) is 5.10 Å². The third-order valence-corrected chi connectivity index (χ3v) is 4.19. The van der Waals surface area contributed by atoms with Crippen LogP contribution in [0.5, 0.6) is 0 Å². The monoisotopic (exact) mass is 375 g/mol. The Kier molecular flexibility index (Phi) is 4.36. The molecule has 0 bridgehead atoms. The van der Waals surface area contributed by atoms with E-state index in [4.69, 9.17) is 4.74 Å². The summed E-state index contributed by atoms with van der Waals surface area (Å²) in [4.78, 5) is 29.4. The van der Waals surface area contributed by atoms with Gasteiger partial charge in [0.2, 0.25) is 11.6 Å². The molecule has 0 spiro atoms. The molecule has 0 saturated carbocycles. The topological polar surface area (TPSA) is 90.5 Å². The third kappa shape index (κ3) is 3.11. The summed E-state index contributed by atoms with van der Waals surface area (Å²) in [6, 6.07) is 18.2. The molecule has 8 nitrogen and oxygen atoms in total. The van der Waals surface area contributed by atoms with Crippen molar-refractivity contribution >= 4 is 23.3 Å². The fraction of sp³-hybridized carbons (Fsp3) is 0.100. The predicted molar refractivity (Wildman–Crippen MR) is 104 cm³/mol. The number of aromatic nitrogens is 4. The Labute approximate surface area is 160 Å². The molecule has 0 radical (unpaired) electrons. The van der Waals surface area contributed by atoms with Crippen molar-refractivity contribution in [1.82, 2.24) is 19.2 Å².